The van der Waals surface area contributed by atoms with E-state index in [1.807, 2.05) is 18.2 Å². The first-order valence-corrected chi connectivity index (χ1v) is 6.48. The molecular formula is C14H19N3O. The molecule has 0 radical (unpaired) electrons. The fourth-order valence-corrected chi connectivity index (χ4v) is 3.32. The molecule has 1 heterocycles. The van der Waals surface area contributed by atoms with E-state index in [-0.39, 0.29) is 5.84 Å². The van der Waals surface area contributed by atoms with Crippen molar-refractivity contribution in [3.8, 4) is 5.75 Å². The number of amidine groups is 1. The zero-order valence-corrected chi connectivity index (χ0v) is 10.6. The van der Waals surface area contributed by atoms with Crippen molar-refractivity contribution in [2.45, 2.75) is 25.3 Å². The van der Waals surface area contributed by atoms with E-state index in [9.17, 15) is 0 Å². The van der Waals surface area contributed by atoms with Crippen molar-refractivity contribution in [1.82, 2.24) is 0 Å². The second-order valence-electron chi connectivity index (χ2n) is 5.28. The number of nitrogens with one attached hydrogen (secondary N) is 1. The molecule has 0 amide bonds. The summed E-state index contributed by atoms with van der Waals surface area (Å²) in [5, 5.41) is 7.71. The molecule has 2 unspecified atom stereocenters. The van der Waals surface area contributed by atoms with Gasteiger partial charge in [0, 0.05) is 24.2 Å². The Hall–Kier alpha value is -1.71. The van der Waals surface area contributed by atoms with Gasteiger partial charge in [-0.15, -0.1) is 0 Å². The number of hydrogen-bond acceptors (Lipinski definition) is 3. The van der Waals surface area contributed by atoms with Crippen molar-refractivity contribution in [1.29, 1.82) is 5.41 Å². The zero-order valence-electron chi connectivity index (χ0n) is 10.6. The van der Waals surface area contributed by atoms with Crippen LogP contribution in [0.5, 0.6) is 5.75 Å². The molecule has 2 aliphatic rings. The highest BCUT2D eigenvalue weighted by molar-refractivity contribution is 6.00. The normalized spacial score (nSPS) is 25.5. The Kier molecular flexibility index (Phi) is 2.65. The van der Waals surface area contributed by atoms with E-state index in [2.05, 4.69) is 4.90 Å². The summed E-state index contributed by atoms with van der Waals surface area (Å²) in [5.41, 5.74) is 7.57. The third-order valence-corrected chi connectivity index (χ3v) is 4.21. The molecule has 1 aliphatic carbocycles. The van der Waals surface area contributed by atoms with Crippen LogP contribution in [-0.2, 0) is 0 Å². The van der Waals surface area contributed by atoms with Crippen LogP contribution in [0.4, 0.5) is 5.69 Å². The van der Waals surface area contributed by atoms with Crippen LogP contribution in [0.3, 0.4) is 0 Å². The van der Waals surface area contributed by atoms with E-state index in [0.717, 1.165) is 29.5 Å². The van der Waals surface area contributed by atoms with Crippen LogP contribution >= 0.6 is 0 Å². The van der Waals surface area contributed by atoms with Crippen molar-refractivity contribution in [3.05, 3.63) is 23.8 Å². The van der Waals surface area contributed by atoms with E-state index < -0.39 is 0 Å². The number of nitrogen functional groups attached to an aromatic ring is 1. The Bertz CT molecular complexity index is 486. The van der Waals surface area contributed by atoms with Crippen molar-refractivity contribution in [2.75, 3.05) is 18.6 Å². The van der Waals surface area contributed by atoms with Gasteiger partial charge < -0.3 is 15.4 Å². The SMILES string of the molecule is COc1ccc(C(=N)N)c(N2CC3CCC2C3)c1. The Morgan fingerprint density at radius 2 is 2.28 bits per heavy atom. The quantitative estimate of drug-likeness (QED) is 0.632. The molecule has 18 heavy (non-hydrogen) atoms. The van der Waals surface area contributed by atoms with Crippen molar-refractivity contribution in [3.63, 3.8) is 0 Å². The van der Waals surface area contributed by atoms with Gasteiger partial charge >= 0.3 is 0 Å². The average molecular weight is 245 g/mol. The van der Waals surface area contributed by atoms with Crippen molar-refractivity contribution >= 4 is 11.5 Å². The van der Waals surface area contributed by atoms with E-state index in [4.69, 9.17) is 15.9 Å². The van der Waals surface area contributed by atoms with E-state index >= 15 is 0 Å². The van der Waals surface area contributed by atoms with Crippen LogP contribution in [0.1, 0.15) is 24.8 Å². The number of ether oxygens (including phenoxy) is 1. The fraction of sp³-hybridized carbons (Fsp3) is 0.500. The molecule has 1 aromatic carbocycles. The molecule has 96 valence electrons. The van der Waals surface area contributed by atoms with Gasteiger partial charge in [-0.2, -0.15) is 0 Å². The minimum Gasteiger partial charge on any atom is -0.497 e. The van der Waals surface area contributed by atoms with Crippen LogP contribution in [-0.4, -0.2) is 25.5 Å². The molecular weight excluding hydrogens is 226 g/mol. The molecule has 2 atom stereocenters. The summed E-state index contributed by atoms with van der Waals surface area (Å²) in [6, 6.07) is 6.40. The van der Waals surface area contributed by atoms with Crippen LogP contribution in [0.2, 0.25) is 0 Å². The third kappa shape index (κ3) is 1.72. The molecule has 1 aliphatic heterocycles. The van der Waals surface area contributed by atoms with Gasteiger partial charge in [-0.3, -0.25) is 5.41 Å². The summed E-state index contributed by atoms with van der Waals surface area (Å²) in [6.45, 7) is 1.10. The monoisotopic (exact) mass is 245 g/mol. The summed E-state index contributed by atoms with van der Waals surface area (Å²) in [7, 11) is 1.67. The molecule has 3 rings (SSSR count). The topological polar surface area (TPSA) is 62.3 Å². The Balaban J connectivity index is 2.00. The lowest BCUT2D eigenvalue weighted by molar-refractivity contribution is 0.414. The van der Waals surface area contributed by atoms with Gasteiger partial charge in [-0.1, -0.05) is 0 Å². The Morgan fingerprint density at radius 3 is 2.83 bits per heavy atom. The van der Waals surface area contributed by atoms with Crippen molar-refractivity contribution in [2.24, 2.45) is 11.7 Å². The number of nitrogens with two attached hydrogens (primary N) is 1. The fourth-order valence-electron chi connectivity index (χ4n) is 3.32. The van der Waals surface area contributed by atoms with E-state index in [1.54, 1.807) is 7.11 Å². The number of anilines is 1. The van der Waals surface area contributed by atoms with Crippen molar-refractivity contribution < 1.29 is 4.74 Å². The Labute approximate surface area is 107 Å². The molecule has 0 aromatic heterocycles. The second-order valence-corrected chi connectivity index (χ2v) is 5.28. The number of benzene rings is 1. The predicted octanol–water partition coefficient (Wildman–Crippen LogP) is 1.97. The molecule has 1 aromatic rings. The second kappa shape index (κ2) is 4.19. The maximum atomic E-state index is 7.71. The molecule has 4 nitrogen and oxygen atoms in total. The zero-order chi connectivity index (χ0) is 12.7. The average Bonchev–Trinajstić information content (AvgIpc) is 3.00. The predicted molar refractivity (Wildman–Crippen MR) is 72.5 cm³/mol. The smallest absolute Gasteiger partial charge is 0.124 e. The number of rotatable bonds is 3. The summed E-state index contributed by atoms with van der Waals surface area (Å²) in [5.74, 6) is 1.79. The van der Waals surface area contributed by atoms with Crippen LogP contribution in [0, 0.1) is 11.3 Å². The largest absolute Gasteiger partial charge is 0.497 e. The molecule has 1 saturated carbocycles. The molecule has 4 heteroatoms. The van der Waals surface area contributed by atoms with Crippen LogP contribution < -0.4 is 15.4 Å². The van der Waals surface area contributed by atoms with Gasteiger partial charge in [0.15, 0.2) is 0 Å². The van der Waals surface area contributed by atoms with Gasteiger partial charge in [0.25, 0.3) is 0 Å². The highest BCUT2D eigenvalue weighted by Crippen LogP contribution is 2.42. The lowest BCUT2D eigenvalue weighted by Gasteiger charge is -2.31. The summed E-state index contributed by atoms with van der Waals surface area (Å²) >= 11 is 0. The molecule has 0 spiro atoms. The minimum absolute atomic E-state index is 0.135. The molecule has 1 saturated heterocycles. The van der Waals surface area contributed by atoms with Gasteiger partial charge in [-0.25, -0.2) is 0 Å². The van der Waals surface area contributed by atoms with Gasteiger partial charge in [0.2, 0.25) is 0 Å². The number of nitrogens with zero attached hydrogens (tertiary/aromatic N) is 1. The number of fused-ring (bicyclic) bond motifs is 2. The first-order valence-electron chi connectivity index (χ1n) is 6.48. The Morgan fingerprint density at radius 1 is 1.44 bits per heavy atom. The van der Waals surface area contributed by atoms with Gasteiger partial charge in [0.05, 0.1) is 12.8 Å². The maximum Gasteiger partial charge on any atom is 0.124 e. The van der Waals surface area contributed by atoms with E-state index in [1.165, 1.54) is 19.3 Å². The lowest BCUT2D eigenvalue weighted by Crippen LogP contribution is -2.33. The maximum absolute atomic E-state index is 7.71. The number of piperidine rings is 1. The first kappa shape index (κ1) is 11.4. The van der Waals surface area contributed by atoms with E-state index in [0.29, 0.717) is 6.04 Å². The van der Waals surface area contributed by atoms with Gasteiger partial charge in [-0.05, 0) is 37.3 Å². The minimum atomic E-state index is 0.135. The molecule has 2 fully saturated rings. The number of hydrogen-bond donors (Lipinski definition) is 2. The standard InChI is InChI=1S/C14H19N3O/c1-18-11-4-5-12(14(15)16)13(7-11)17-8-9-2-3-10(17)6-9/h4-5,7,9-10H,2-3,6,8H2,1H3,(H3,15,16). The highest BCUT2D eigenvalue weighted by atomic mass is 16.5. The lowest BCUT2D eigenvalue weighted by atomic mass is 10.1. The number of methoxy groups -OCH3 is 1. The molecule has 2 bridgehead atoms. The molecule has 3 N–H and O–H groups in total. The summed E-state index contributed by atoms with van der Waals surface area (Å²) < 4.78 is 5.29. The first-order chi connectivity index (χ1) is 8.69. The van der Waals surface area contributed by atoms with Crippen LogP contribution in [0.15, 0.2) is 18.2 Å². The third-order valence-electron chi connectivity index (χ3n) is 4.21. The van der Waals surface area contributed by atoms with Gasteiger partial charge in [0.1, 0.15) is 11.6 Å². The highest BCUT2D eigenvalue weighted by Gasteiger charge is 2.38. The summed E-state index contributed by atoms with van der Waals surface area (Å²) in [4.78, 5) is 2.41. The van der Waals surface area contributed by atoms with Crippen LogP contribution in [0.25, 0.3) is 0 Å². The summed E-state index contributed by atoms with van der Waals surface area (Å²) in [6.07, 6.45) is 3.90.